The standard InChI is InChI=1S/C24H18FN3O3S2/c1-30-19-8-5-15(9-20(19)31-2)22-27-17(11-32-22)10-28-13-26-23-21(24(28)29)18(12-33-23)14-3-6-16(25)7-4-14/h3-9,11-13H,10H2,1-2H3. The number of halogens is 1. The summed E-state index contributed by atoms with van der Waals surface area (Å²) < 4.78 is 25.6. The molecule has 0 amide bonds. The van der Waals surface area contributed by atoms with E-state index in [-0.39, 0.29) is 11.4 Å². The lowest BCUT2D eigenvalue weighted by Crippen LogP contribution is -2.21. The molecule has 0 saturated carbocycles. The van der Waals surface area contributed by atoms with Crippen molar-refractivity contribution in [2.75, 3.05) is 14.2 Å². The van der Waals surface area contributed by atoms with E-state index in [0.717, 1.165) is 27.4 Å². The lowest BCUT2D eigenvalue weighted by Gasteiger charge is -2.08. The van der Waals surface area contributed by atoms with Crippen molar-refractivity contribution in [1.29, 1.82) is 0 Å². The third kappa shape index (κ3) is 4.01. The van der Waals surface area contributed by atoms with Crippen LogP contribution in [-0.4, -0.2) is 28.8 Å². The van der Waals surface area contributed by atoms with Crippen molar-refractivity contribution in [1.82, 2.24) is 14.5 Å². The molecule has 0 N–H and O–H groups in total. The molecule has 33 heavy (non-hydrogen) atoms. The maximum absolute atomic E-state index is 13.3. The minimum atomic E-state index is -0.317. The molecular weight excluding hydrogens is 461 g/mol. The number of hydrogen-bond acceptors (Lipinski definition) is 7. The molecule has 6 nitrogen and oxygen atoms in total. The van der Waals surface area contributed by atoms with Crippen LogP contribution < -0.4 is 15.0 Å². The summed E-state index contributed by atoms with van der Waals surface area (Å²) in [6.07, 6.45) is 1.55. The van der Waals surface area contributed by atoms with Gasteiger partial charge in [-0.1, -0.05) is 12.1 Å². The maximum atomic E-state index is 13.3. The normalized spacial score (nSPS) is 11.1. The first-order chi connectivity index (χ1) is 16.1. The Kier molecular flexibility index (Phi) is 5.65. The molecule has 2 aromatic carbocycles. The van der Waals surface area contributed by atoms with E-state index in [1.807, 2.05) is 29.0 Å². The average Bonchev–Trinajstić information content (AvgIpc) is 3.49. The summed E-state index contributed by atoms with van der Waals surface area (Å²) >= 11 is 2.89. The van der Waals surface area contributed by atoms with Crippen molar-refractivity contribution in [3.8, 4) is 33.2 Å². The molecule has 166 valence electrons. The number of methoxy groups -OCH3 is 2. The predicted molar refractivity (Wildman–Crippen MR) is 129 cm³/mol. The van der Waals surface area contributed by atoms with E-state index in [2.05, 4.69) is 4.98 Å². The van der Waals surface area contributed by atoms with Gasteiger partial charge >= 0.3 is 0 Å². The van der Waals surface area contributed by atoms with Gasteiger partial charge in [0.2, 0.25) is 0 Å². The van der Waals surface area contributed by atoms with Crippen LogP contribution in [0.2, 0.25) is 0 Å². The van der Waals surface area contributed by atoms with Crippen LogP contribution in [0.3, 0.4) is 0 Å². The van der Waals surface area contributed by atoms with Crippen molar-refractivity contribution in [3.63, 3.8) is 0 Å². The summed E-state index contributed by atoms with van der Waals surface area (Å²) in [5.74, 6) is 0.961. The zero-order chi connectivity index (χ0) is 22.9. The van der Waals surface area contributed by atoms with E-state index >= 15 is 0 Å². The highest BCUT2D eigenvalue weighted by atomic mass is 32.1. The van der Waals surface area contributed by atoms with Crippen molar-refractivity contribution in [2.24, 2.45) is 0 Å². The number of rotatable bonds is 6. The van der Waals surface area contributed by atoms with Crippen LogP contribution in [0.5, 0.6) is 11.5 Å². The number of thiophene rings is 1. The number of fused-ring (bicyclic) bond motifs is 1. The molecule has 3 aromatic heterocycles. The van der Waals surface area contributed by atoms with Crippen LogP contribution in [0.4, 0.5) is 4.39 Å². The zero-order valence-electron chi connectivity index (χ0n) is 17.7. The molecule has 0 fully saturated rings. The van der Waals surface area contributed by atoms with Gasteiger partial charge in [0.25, 0.3) is 5.56 Å². The van der Waals surface area contributed by atoms with Crippen LogP contribution in [0.25, 0.3) is 31.9 Å². The Bertz CT molecular complexity index is 1510. The second kappa shape index (κ2) is 8.76. The number of ether oxygens (including phenoxy) is 2. The molecule has 3 heterocycles. The van der Waals surface area contributed by atoms with E-state index in [1.54, 1.807) is 37.2 Å². The number of nitrogens with zero attached hydrogens (tertiary/aromatic N) is 3. The van der Waals surface area contributed by atoms with Crippen LogP contribution in [0.15, 0.2) is 64.3 Å². The van der Waals surface area contributed by atoms with Gasteiger partial charge in [0.15, 0.2) is 11.5 Å². The van der Waals surface area contributed by atoms with Gasteiger partial charge in [-0.05, 0) is 35.9 Å². The monoisotopic (exact) mass is 479 g/mol. The van der Waals surface area contributed by atoms with Gasteiger partial charge < -0.3 is 9.47 Å². The molecule has 0 radical (unpaired) electrons. The molecule has 0 atom stereocenters. The second-order valence-electron chi connectivity index (χ2n) is 7.23. The topological polar surface area (TPSA) is 66.2 Å². The smallest absolute Gasteiger partial charge is 0.263 e. The SMILES string of the molecule is COc1ccc(-c2nc(Cn3cnc4scc(-c5ccc(F)cc5)c4c3=O)cs2)cc1OC. The summed E-state index contributed by atoms with van der Waals surface area (Å²) in [5, 5.41) is 5.16. The van der Waals surface area contributed by atoms with Crippen LogP contribution in [0, 0.1) is 5.82 Å². The first-order valence-corrected chi connectivity index (χ1v) is 11.7. The molecule has 0 saturated heterocycles. The fourth-order valence-corrected chi connectivity index (χ4v) is 5.29. The maximum Gasteiger partial charge on any atom is 0.263 e. The van der Waals surface area contributed by atoms with Crippen molar-refractivity contribution < 1.29 is 13.9 Å². The van der Waals surface area contributed by atoms with Crippen LogP contribution in [-0.2, 0) is 6.54 Å². The first-order valence-electron chi connectivity index (χ1n) is 9.96. The molecule has 0 aliphatic carbocycles. The quantitative estimate of drug-likeness (QED) is 0.324. The third-order valence-corrected chi connectivity index (χ3v) is 7.06. The largest absolute Gasteiger partial charge is 0.493 e. The molecule has 0 spiro atoms. The molecular formula is C24H18FN3O3S2. The minimum absolute atomic E-state index is 0.152. The van der Waals surface area contributed by atoms with E-state index in [9.17, 15) is 9.18 Å². The molecule has 5 aromatic rings. The zero-order valence-corrected chi connectivity index (χ0v) is 19.4. The van der Waals surface area contributed by atoms with E-state index in [0.29, 0.717) is 28.3 Å². The summed E-state index contributed by atoms with van der Waals surface area (Å²) in [7, 11) is 3.19. The molecule has 9 heteroatoms. The van der Waals surface area contributed by atoms with E-state index in [1.165, 1.54) is 34.8 Å². The van der Waals surface area contributed by atoms with Gasteiger partial charge in [-0.25, -0.2) is 14.4 Å². The van der Waals surface area contributed by atoms with Gasteiger partial charge in [0.05, 0.1) is 38.2 Å². The molecule has 5 rings (SSSR count). The predicted octanol–water partition coefficient (Wildman–Crippen LogP) is 5.45. The summed E-state index contributed by atoms with van der Waals surface area (Å²) in [5.41, 5.74) is 3.05. The highest BCUT2D eigenvalue weighted by Crippen LogP contribution is 2.34. The second-order valence-corrected chi connectivity index (χ2v) is 8.94. The minimum Gasteiger partial charge on any atom is -0.493 e. The highest BCUT2D eigenvalue weighted by Gasteiger charge is 2.15. The van der Waals surface area contributed by atoms with Crippen LogP contribution in [0.1, 0.15) is 5.69 Å². The fraction of sp³-hybridized carbons (Fsp3) is 0.125. The van der Waals surface area contributed by atoms with Crippen molar-refractivity contribution >= 4 is 32.9 Å². The summed E-state index contributed by atoms with van der Waals surface area (Å²) in [6, 6.07) is 11.8. The number of thiazole rings is 1. The lowest BCUT2D eigenvalue weighted by atomic mass is 10.1. The van der Waals surface area contributed by atoms with Crippen molar-refractivity contribution in [2.45, 2.75) is 6.54 Å². The van der Waals surface area contributed by atoms with E-state index < -0.39 is 0 Å². The average molecular weight is 480 g/mol. The highest BCUT2D eigenvalue weighted by molar-refractivity contribution is 7.17. The van der Waals surface area contributed by atoms with Gasteiger partial charge in [-0.15, -0.1) is 22.7 Å². The van der Waals surface area contributed by atoms with Crippen LogP contribution >= 0.6 is 22.7 Å². The number of benzene rings is 2. The summed E-state index contributed by atoms with van der Waals surface area (Å²) in [6.45, 7) is 0.296. The Morgan fingerprint density at radius 3 is 2.48 bits per heavy atom. The Labute approximate surface area is 196 Å². The molecule has 0 aliphatic rings. The van der Waals surface area contributed by atoms with Gasteiger partial charge in [-0.2, -0.15) is 0 Å². The molecule has 0 bridgehead atoms. The molecule has 0 unspecified atom stereocenters. The first kappa shape index (κ1) is 21.3. The Morgan fingerprint density at radius 2 is 1.73 bits per heavy atom. The third-order valence-electron chi connectivity index (χ3n) is 5.23. The Hall–Kier alpha value is -3.56. The van der Waals surface area contributed by atoms with Crippen molar-refractivity contribution in [3.05, 3.63) is 81.4 Å². The number of aromatic nitrogens is 3. The summed E-state index contributed by atoms with van der Waals surface area (Å²) in [4.78, 5) is 23.1. The lowest BCUT2D eigenvalue weighted by molar-refractivity contribution is 0.355. The molecule has 0 aliphatic heterocycles. The van der Waals surface area contributed by atoms with Gasteiger partial charge in [0, 0.05) is 21.9 Å². The van der Waals surface area contributed by atoms with Gasteiger partial charge in [-0.3, -0.25) is 9.36 Å². The fourth-order valence-electron chi connectivity index (χ4n) is 3.58. The Balaban J connectivity index is 1.48. The number of hydrogen-bond donors (Lipinski definition) is 0. The Morgan fingerprint density at radius 1 is 0.970 bits per heavy atom. The van der Waals surface area contributed by atoms with Gasteiger partial charge in [0.1, 0.15) is 15.7 Å². The van der Waals surface area contributed by atoms with E-state index in [4.69, 9.17) is 14.5 Å².